The first-order valence-corrected chi connectivity index (χ1v) is 8.68. The summed E-state index contributed by atoms with van der Waals surface area (Å²) in [5.41, 5.74) is 2.40. The Morgan fingerprint density at radius 2 is 1.95 bits per heavy atom. The highest BCUT2D eigenvalue weighted by Crippen LogP contribution is 2.25. The molecule has 1 aliphatic rings. The number of hydrogen-bond acceptors (Lipinski definition) is 2. The summed E-state index contributed by atoms with van der Waals surface area (Å²) in [5, 5.41) is 3.53. The number of ether oxygens (including phenoxy) is 1. The smallest absolute Gasteiger partial charge is 0.120 e. The SMILES string of the molecule is Brc1cccc(COc2ccc(Br)c(CNC3CC3)c2)c1. The van der Waals surface area contributed by atoms with Crippen molar-refractivity contribution in [3.05, 3.63) is 62.5 Å². The van der Waals surface area contributed by atoms with E-state index in [1.165, 1.54) is 18.4 Å². The molecule has 0 aromatic heterocycles. The summed E-state index contributed by atoms with van der Waals surface area (Å²) in [4.78, 5) is 0. The molecule has 0 radical (unpaired) electrons. The van der Waals surface area contributed by atoms with Gasteiger partial charge in [-0.25, -0.2) is 0 Å². The fourth-order valence-corrected chi connectivity index (χ4v) is 2.94. The van der Waals surface area contributed by atoms with Crippen molar-refractivity contribution in [3.8, 4) is 5.75 Å². The van der Waals surface area contributed by atoms with Crippen LogP contribution in [0.2, 0.25) is 0 Å². The third kappa shape index (κ3) is 4.56. The fourth-order valence-electron chi connectivity index (χ4n) is 2.11. The summed E-state index contributed by atoms with van der Waals surface area (Å²) in [6, 6.07) is 15.1. The van der Waals surface area contributed by atoms with Gasteiger partial charge in [-0.2, -0.15) is 0 Å². The molecule has 21 heavy (non-hydrogen) atoms. The number of nitrogens with one attached hydrogen (secondary N) is 1. The van der Waals surface area contributed by atoms with Gasteiger partial charge in [0.1, 0.15) is 12.4 Å². The summed E-state index contributed by atoms with van der Waals surface area (Å²) in [7, 11) is 0. The molecule has 110 valence electrons. The molecular formula is C17H17Br2NO. The van der Waals surface area contributed by atoms with E-state index in [1.807, 2.05) is 18.2 Å². The summed E-state index contributed by atoms with van der Waals surface area (Å²) < 4.78 is 8.10. The van der Waals surface area contributed by atoms with E-state index in [0.717, 1.165) is 26.8 Å². The Hall–Kier alpha value is -0.840. The predicted octanol–water partition coefficient (Wildman–Crippen LogP) is 5.04. The van der Waals surface area contributed by atoms with Crippen molar-refractivity contribution in [3.63, 3.8) is 0 Å². The van der Waals surface area contributed by atoms with E-state index >= 15 is 0 Å². The van der Waals surface area contributed by atoms with Crippen LogP contribution in [-0.4, -0.2) is 6.04 Å². The lowest BCUT2D eigenvalue weighted by Crippen LogP contribution is -2.15. The van der Waals surface area contributed by atoms with E-state index in [2.05, 4.69) is 61.4 Å². The topological polar surface area (TPSA) is 21.3 Å². The molecular weight excluding hydrogens is 394 g/mol. The number of hydrogen-bond donors (Lipinski definition) is 1. The van der Waals surface area contributed by atoms with Gasteiger partial charge in [-0.3, -0.25) is 0 Å². The second-order valence-electron chi connectivity index (χ2n) is 5.33. The van der Waals surface area contributed by atoms with E-state index < -0.39 is 0 Å². The largest absolute Gasteiger partial charge is 0.489 e. The molecule has 2 aromatic carbocycles. The van der Waals surface area contributed by atoms with Crippen LogP contribution in [0.5, 0.6) is 5.75 Å². The highest BCUT2D eigenvalue weighted by molar-refractivity contribution is 9.10. The molecule has 0 heterocycles. The molecule has 0 atom stereocenters. The first-order valence-electron chi connectivity index (χ1n) is 7.10. The van der Waals surface area contributed by atoms with Crippen LogP contribution in [0.15, 0.2) is 51.4 Å². The second-order valence-corrected chi connectivity index (χ2v) is 7.10. The van der Waals surface area contributed by atoms with Crippen LogP contribution >= 0.6 is 31.9 Å². The molecule has 1 saturated carbocycles. The van der Waals surface area contributed by atoms with Crippen molar-refractivity contribution in [2.24, 2.45) is 0 Å². The van der Waals surface area contributed by atoms with Crippen LogP contribution in [0.1, 0.15) is 24.0 Å². The molecule has 0 unspecified atom stereocenters. The molecule has 2 nitrogen and oxygen atoms in total. The Morgan fingerprint density at radius 3 is 2.71 bits per heavy atom. The molecule has 0 aliphatic heterocycles. The van der Waals surface area contributed by atoms with E-state index in [4.69, 9.17) is 4.74 Å². The first-order chi connectivity index (χ1) is 10.2. The molecule has 0 saturated heterocycles. The van der Waals surface area contributed by atoms with Crippen molar-refractivity contribution in [1.82, 2.24) is 5.32 Å². The normalized spacial score (nSPS) is 14.2. The van der Waals surface area contributed by atoms with Crippen LogP contribution in [0.25, 0.3) is 0 Å². The summed E-state index contributed by atoms with van der Waals surface area (Å²) in [6.45, 7) is 1.47. The van der Waals surface area contributed by atoms with Crippen LogP contribution < -0.4 is 10.1 Å². The van der Waals surface area contributed by atoms with Gasteiger partial charge in [0.15, 0.2) is 0 Å². The minimum atomic E-state index is 0.580. The van der Waals surface area contributed by atoms with Crippen molar-refractivity contribution < 1.29 is 4.74 Å². The van der Waals surface area contributed by atoms with Crippen LogP contribution in [-0.2, 0) is 13.2 Å². The molecule has 1 N–H and O–H groups in total. The number of benzene rings is 2. The lowest BCUT2D eigenvalue weighted by molar-refractivity contribution is 0.305. The van der Waals surface area contributed by atoms with E-state index in [9.17, 15) is 0 Å². The lowest BCUT2D eigenvalue weighted by atomic mass is 10.2. The quantitative estimate of drug-likeness (QED) is 0.719. The highest BCUT2D eigenvalue weighted by Gasteiger charge is 2.20. The van der Waals surface area contributed by atoms with Gasteiger partial charge in [-0.1, -0.05) is 44.0 Å². The molecule has 1 fully saturated rings. The Balaban J connectivity index is 1.63. The fraction of sp³-hybridized carbons (Fsp3) is 0.294. The van der Waals surface area contributed by atoms with Crippen LogP contribution in [0.4, 0.5) is 0 Å². The maximum absolute atomic E-state index is 5.90. The zero-order valence-corrected chi connectivity index (χ0v) is 14.8. The Morgan fingerprint density at radius 1 is 1.10 bits per heavy atom. The Kier molecular flexibility index (Phi) is 4.99. The predicted molar refractivity (Wildman–Crippen MR) is 92.5 cm³/mol. The zero-order valence-electron chi connectivity index (χ0n) is 11.6. The molecule has 0 bridgehead atoms. The average Bonchev–Trinajstić information content (AvgIpc) is 3.29. The van der Waals surface area contributed by atoms with Gasteiger partial charge < -0.3 is 10.1 Å². The van der Waals surface area contributed by atoms with Crippen molar-refractivity contribution in [2.45, 2.75) is 32.0 Å². The van der Waals surface area contributed by atoms with Crippen molar-refractivity contribution in [2.75, 3.05) is 0 Å². The van der Waals surface area contributed by atoms with Crippen molar-refractivity contribution in [1.29, 1.82) is 0 Å². The third-order valence-electron chi connectivity index (χ3n) is 3.47. The molecule has 2 aromatic rings. The zero-order chi connectivity index (χ0) is 14.7. The average molecular weight is 411 g/mol. The standard InChI is InChI=1S/C17H17Br2NO/c18-14-3-1-2-12(8-14)11-21-16-6-7-17(19)13(9-16)10-20-15-4-5-15/h1-3,6-9,15,20H,4-5,10-11H2. The Bertz CT molecular complexity index is 626. The maximum atomic E-state index is 5.90. The molecule has 0 amide bonds. The molecule has 4 heteroatoms. The monoisotopic (exact) mass is 409 g/mol. The second kappa shape index (κ2) is 6.95. The summed E-state index contributed by atoms with van der Waals surface area (Å²) in [5.74, 6) is 0.908. The van der Waals surface area contributed by atoms with E-state index in [0.29, 0.717) is 12.6 Å². The van der Waals surface area contributed by atoms with Gasteiger partial charge in [0.05, 0.1) is 0 Å². The maximum Gasteiger partial charge on any atom is 0.120 e. The van der Waals surface area contributed by atoms with Gasteiger partial charge in [0.25, 0.3) is 0 Å². The lowest BCUT2D eigenvalue weighted by Gasteiger charge is -2.11. The van der Waals surface area contributed by atoms with Gasteiger partial charge in [0.2, 0.25) is 0 Å². The van der Waals surface area contributed by atoms with Crippen molar-refractivity contribution >= 4 is 31.9 Å². The van der Waals surface area contributed by atoms with E-state index in [-0.39, 0.29) is 0 Å². The minimum absolute atomic E-state index is 0.580. The minimum Gasteiger partial charge on any atom is -0.489 e. The third-order valence-corrected chi connectivity index (χ3v) is 4.74. The highest BCUT2D eigenvalue weighted by atomic mass is 79.9. The van der Waals surface area contributed by atoms with Gasteiger partial charge in [-0.05, 0) is 54.3 Å². The molecule has 1 aliphatic carbocycles. The summed E-state index contributed by atoms with van der Waals surface area (Å²) in [6.07, 6.45) is 2.60. The van der Waals surface area contributed by atoms with Gasteiger partial charge in [0, 0.05) is 21.5 Å². The van der Waals surface area contributed by atoms with Crippen LogP contribution in [0, 0.1) is 0 Å². The van der Waals surface area contributed by atoms with E-state index in [1.54, 1.807) is 0 Å². The number of halogens is 2. The number of rotatable bonds is 6. The Labute approximate surface area is 142 Å². The van der Waals surface area contributed by atoms with Gasteiger partial charge >= 0.3 is 0 Å². The molecule has 0 spiro atoms. The van der Waals surface area contributed by atoms with Gasteiger partial charge in [-0.15, -0.1) is 0 Å². The summed E-state index contributed by atoms with van der Waals surface area (Å²) >= 11 is 7.08. The first kappa shape index (κ1) is 15.1. The van der Waals surface area contributed by atoms with Crippen LogP contribution in [0.3, 0.4) is 0 Å². The molecule has 3 rings (SSSR count).